The van der Waals surface area contributed by atoms with Gasteiger partial charge in [0.25, 0.3) is 0 Å². The summed E-state index contributed by atoms with van der Waals surface area (Å²) in [6, 6.07) is 8.05. The lowest BCUT2D eigenvalue weighted by Crippen LogP contribution is -2.10. The van der Waals surface area contributed by atoms with E-state index >= 15 is 0 Å². The van der Waals surface area contributed by atoms with E-state index in [2.05, 4.69) is 32.9 Å². The molecule has 3 heteroatoms. The maximum Gasteiger partial charge on any atom is 0.333 e. The van der Waals surface area contributed by atoms with Crippen LogP contribution in [0.15, 0.2) is 35.9 Å². The van der Waals surface area contributed by atoms with Gasteiger partial charge in [-0.05, 0) is 35.6 Å². The summed E-state index contributed by atoms with van der Waals surface area (Å²) in [5.41, 5.74) is 2.04. The molecule has 0 spiro atoms. The van der Waals surface area contributed by atoms with Crippen molar-refractivity contribution in [2.45, 2.75) is 39.5 Å². The lowest BCUT2D eigenvalue weighted by atomic mass is 9.87. The number of carbonyl (C=O) groups is 1. The molecule has 0 aliphatic heterocycles. The van der Waals surface area contributed by atoms with Crippen molar-refractivity contribution in [1.29, 1.82) is 0 Å². The van der Waals surface area contributed by atoms with Crippen LogP contribution in [0, 0.1) is 0 Å². The number of esters is 1. The van der Waals surface area contributed by atoms with Crippen molar-refractivity contribution in [1.82, 2.24) is 0 Å². The summed E-state index contributed by atoms with van der Waals surface area (Å²) in [7, 11) is 1.39. The largest absolute Gasteiger partial charge is 0.490 e. The lowest BCUT2D eigenvalue weighted by Gasteiger charge is -2.19. The van der Waals surface area contributed by atoms with Gasteiger partial charge in [0, 0.05) is 5.57 Å². The average molecular weight is 276 g/mol. The van der Waals surface area contributed by atoms with Crippen molar-refractivity contribution in [3.63, 3.8) is 0 Å². The van der Waals surface area contributed by atoms with Crippen LogP contribution >= 0.6 is 0 Å². The third-order valence-electron chi connectivity index (χ3n) is 3.13. The van der Waals surface area contributed by atoms with E-state index < -0.39 is 0 Å². The van der Waals surface area contributed by atoms with Crippen molar-refractivity contribution in [2.24, 2.45) is 0 Å². The average Bonchev–Trinajstić information content (AvgIpc) is 2.42. The highest BCUT2D eigenvalue weighted by molar-refractivity contribution is 5.88. The predicted octanol–water partition coefficient (Wildman–Crippen LogP) is 3.87. The zero-order chi connectivity index (χ0) is 15.2. The molecule has 0 aromatic heterocycles. The van der Waals surface area contributed by atoms with Crippen LogP contribution in [-0.4, -0.2) is 19.7 Å². The van der Waals surface area contributed by atoms with Gasteiger partial charge in [-0.15, -0.1) is 0 Å². The van der Waals surface area contributed by atoms with Crippen molar-refractivity contribution in [2.75, 3.05) is 13.7 Å². The second-order valence-corrected chi connectivity index (χ2v) is 5.66. The Morgan fingerprint density at radius 2 is 1.80 bits per heavy atom. The van der Waals surface area contributed by atoms with Crippen LogP contribution in [-0.2, 0) is 14.9 Å². The smallest absolute Gasteiger partial charge is 0.333 e. The lowest BCUT2D eigenvalue weighted by molar-refractivity contribution is -0.136. The van der Waals surface area contributed by atoms with Gasteiger partial charge >= 0.3 is 5.97 Å². The predicted molar refractivity (Wildman–Crippen MR) is 81.0 cm³/mol. The summed E-state index contributed by atoms with van der Waals surface area (Å²) in [6.07, 6.45) is 2.41. The maximum absolute atomic E-state index is 11.4. The second-order valence-electron chi connectivity index (χ2n) is 5.66. The minimum absolute atomic E-state index is 0.138. The standard InChI is InChI=1S/C17H24O3/c1-6-13(16(18)19-5)11-12-20-15-9-7-14(8-10-15)17(2,3)4/h7-11H,6,12H2,1-5H3. The number of benzene rings is 1. The molecule has 0 heterocycles. The minimum atomic E-state index is -0.292. The molecular weight excluding hydrogens is 252 g/mol. The Kier molecular flexibility index (Phi) is 5.81. The van der Waals surface area contributed by atoms with Crippen LogP contribution in [0.2, 0.25) is 0 Å². The SMILES string of the molecule is CCC(=CCOc1ccc(C(C)(C)C)cc1)C(=O)OC. The van der Waals surface area contributed by atoms with Crippen LogP contribution in [0.25, 0.3) is 0 Å². The van der Waals surface area contributed by atoms with Crippen LogP contribution < -0.4 is 4.74 Å². The Hall–Kier alpha value is -1.77. The first-order valence-electron chi connectivity index (χ1n) is 6.89. The zero-order valence-corrected chi connectivity index (χ0v) is 13.0. The number of rotatable bonds is 5. The van der Waals surface area contributed by atoms with Gasteiger partial charge in [-0.3, -0.25) is 0 Å². The molecule has 0 bridgehead atoms. The van der Waals surface area contributed by atoms with Crippen LogP contribution in [0.4, 0.5) is 0 Å². The molecular formula is C17H24O3. The number of hydrogen-bond acceptors (Lipinski definition) is 3. The summed E-state index contributed by atoms with van der Waals surface area (Å²) in [5, 5.41) is 0. The normalized spacial score (nSPS) is 12.2. The summed E-state index contributed by atoms with van der Waals surface area (Å²) < 4.78 is 10.3. The Balaban J connectivity index is 2.62. The maximum atomic E-state index is 11.4. The Labute approximate surface area is 121 Å². The highest BCUT2D eigenvalue weighted by Gasteiger charge is 2.13. The fourth-order valence-corrected chi connectivity index (χ4v) is 1.79. The molecule has 1 aromatic carbocycles. The van der Waals surface area contributed by atoms with Gasteiger partial charge in [0.1, 0.15) is 12.4 Å². The molecule has 20 heavy (non-hydrogen) atoms. The molecule has 0 amide bonds. The zero-order valence-electron chi connectivity index (χ0n) is 13.0. The van der Waals surface area contributed by atoms with Crippen LogP contribution in [0.1, 0.15) is 39.7 Å². The van der Waals surface area contributed by atoms with E-state index in [1.54, 1.807) is 6.08 Å². The van der Waals surface area contributed by atoms with Crippen molar-refractivity contribution < 1.29 is 14.3 Å². The molecule has 0 unspecified atom stereocenters. The first-order valence-corrected chi connectivity index (χ1v) is 6.89. The van der Waals surface area contributed by atoms with Gasteiger partial charge in [0.15, 0.2) is 0 Å². The highest BCUT2D eigenvalue weighted by atomic mass is 16.5. The van der Waals surface area contributed by atoms with Crippen molar-refractivity contribution in [3.8, 4) is 5.75 Å². The topological polar surface area (TPSA) is 35.5 Å². The molecule has 0 aliphatic rings. The Morgan fingerprint density at radius 3 is 2.25 bits per heavy atom. The van der Waals surface area contributed by atoms with E-state index in [4.69, 9.17) is 9.47 Å². The molecule has 0 saturated carbocycles. The fourth-order valence-electron chi connectivity index (χ4n) is 1.79. The highest BCUT2D eigenvalue weighted by Crippen LogP contribution is 2.24. The third kappa shape index (κ3) is 4.72. The quantitative estimate of drug-likeness (QED) is 0.605. The molecule has 110 valence electrons. The molecule has 0 saturated heterocycles. The number of ether oxygens (including phenoxy) is 2. The first-order chi connectivity index (χ1) is 9.38. The monoisotopic (exact) mass is 276 g/mol. The summed E-state index contributed by atoms with van der Waals surface area (Å²) in [6.45, 7) is 8.81. The minimum Gasteiger partial charge on any atom is -0.490 e. The summed E-state index contributed by atoms with van der Waals surface area (Å²) in [4.78, 5) is 11.4. The molecule has 1 aromatic rings. The second kappa shape index (κ2) is 7.13. The van der Waals surface area contributed by atoms with E-state index in [-0.39, 0.29) is 11.4 Å². The first kappa shape index (κ1) is 16.3. The van der Waals surface area contributed by atoms with Crippen molar-refractivity contribution >= 4 is 5.97 Å². The number of methoxy groups -OCH3 is 1. The third-order valence-corrected chi connectivity index (χ3v) is 3.13. The fraction of sp³-hybridized carbons (Fsp3) is 0.471. The molecule has 0 N–H and O–H groups in total. The van der Waals surface area contributed by atoms with Gasteiger partial charge in [0.05, 0.1) is 7.11 Å². The molecule has 0 radical (unpaired) electrons. The van der Waals surface area contributed by atoms with Gasteiger partial charge in [-0.25, -0.2) is 4.79 Å². The number of carbonyl (C=O) groups excluding carboxylic acids is 1. The van der Waals surface area contributed by atoms with Gasteiger partial charge < -0.3 is 9.47 Å². The Bertz CT molecular complexity index is 464. The van der Waals surface area contributed by atoms with E-state index in [9.17, 15) is 4.79 Å². The molecule has 1 rings (SSSR count). The van der Waals surface area contributed by atoms with Crippen LogP contribution in [0.3, 0.4) is 0 Å². The number of hydrogen-bond donors (Lipinski definition) is 0. The summed E-state index contributed by atoms with van der Waals surface area (Å²) in [5.74, 6) is 0.508. The molecule has 0 fully saturated rings. The van der Waals surface area contributed by atoms with E-state index in [1.807, 2.05) is 19.1 Å². The van der Waals surface area contributed by atoms with Gasteiger partial charge in [0.2, 0.25) is 0 Å². The van der Waals surface area contributed by atoms with E-state index in [1.165, 1.54) is 12.7 Å². The molecule has 0 atom stereocenters. The Morgan fingerprint density at radius 1 is 1.20 bits per heavy atom. The van der Waals surface area contributed by atoms with Gasteiger partial charge in [-0.1, -0.05) is 39.8 Å². The van der Waals surface area contributed by atoms with Gasteiger partial charge in [-0.2, -0.15) is 0 Å². The van der Waals surface area contributed by atoms with E-state index in [0.717, 1.165) is 5.75 Å². The molecule has 3 nitrogen and oxygen atoms in total. The molecule has 0 aliphatic carbocycles. The van der Waals surface area contributed by atoms with E-state index in [0.29, 0.717) is 18.6 Å². The van der Waals surface area contributed by atoms with Crippen LogP contribution in [0.5, 0.6) is 5.75 Å². The van der Waals surface area contributed by atoms with Crippen molar-refractivity contribution in [3.05, 3.63) is 41.5 Å². The summed E-state index contributed by atoms with van der Waals surface area (Å²) >= 11 is 0.